The van der Waals surface area contributed by atoms with E-state index in [-0.39, 0.29) is 14.5 Å². The second kappa shape index (κ2) is 11.6. The fourth-order valence-corrected chi connectivity index (χ4v) is 9.26. The number of hydrogen-bond donors (Lipinski definition) is 0. The molecule has 2 aromatic heterocycles. The first-order valence-electron chi connectivity index (χ1n) is 15.7. The fraction of sp³-hybridized carbons (Fsp3) is 0. The molecule has 3 nitrogen and oxygen atoms in total. The summed E-state index contributed by atoms with van der Waals surface area (Å²) < 4.78 is 2.92. The average Bonchev–Trinajstić information content (AvgIpc) is 3.54. The van der Waals surface area contributed by atoms with Crippen LogP contribution in [0.15, 0.2) is 164 Å². The molecule has 0 atom stereocenters. The third-order valence-electron chi connectivity index (χ3n) is 8.72. The van der Waals surface area contributed by atoms with Gasteiger partial charge in [0, 0.05) is 0 Å². The van der Waals surface area contributed by atoms with Gasteiger partial charge in [0.25, 0.3) is 0 Å². The number of benzene rings is 7. The van der Waals surface area contributed by atoms with Gasteiger partial charge in [-0.3, -0.25) is 0 Å². The Kier molecular flexibility index (Phi) is 6.82. The molecule has 220 valence electrons. The molecule has 0 radical (unpaired) electrons. The third kappa shape index (κ3) is 5.05. The molecule has 9 aromatic rings. The van der Waals surface area contributed by atoms with Crippen molar-refractivity contribution in [2.45, 2.75) is 0 Å². The molecule has 4 heteroatoms. The number of nitrogens with zero attached hydrogens (tertiary/aromatic N) is 3. The van der Waals surface area contributed by atoms with Crippen LogP contribution in [-0.4, -0.2) is 29.5 Å². The Labute approximate surface area is 278 Å². The van der Waals surface area contributed by atoms with E-state index in [0.29, 0.717) is 17.5 Å². The van der Waals surface area contributed by atoms with Gasteiger partial charge in [-0.1, -0.05) is 36.4 Å². The van der Waals surface area contributed by atoms with Crippen LogP contribution in [0.25, 0.3) is 86.5 Å². The van der Waals surface area contributed by atoms with E-state index in [1.165, 1.54) is 46.9 Å². The van der Waals surface area contributed by atoms with Crippen LogP contribution in [0.1, 0.15) is 0 Å². The molecule has 9 rings (SSSR count). The van der Waals surface area contributed by atoms with E-state index in [2.05, 4.69) is 103 Å². The van der Waals surface area contributed by atoms with E-state index in [4.69, 9.17) is 15.0 Å². The minimum absolute atomic E-state index is 0.192. The summed E-state index contributed by atoms with van der Waals surface area (Å²) in [5.74, 6) is 2.00. The van der Waals surface area contributed by atoms with Crippen molar-refractivity contribution in [3.63, 3.8) is 0 Å². The number of fused-ring (bicyclic) bond motifs is 4. The van der Waals surface area contributed by atoms with E-state index in [0.717, 1.165) is 22.1 Å². The van der Waals surface area contributed by atoms with Crippen molar-refractivity contribution >= 4 is 44.6 Å². The Morgan fingerprint density at radius 1 is 0.319 bits per heavy atom. The van der Waals surface area contributed by atoms with Gasteiger partial charge in [0.15, 0.2) is 0 Å². The zero-order valence-electron chi connectivity index (χ0n) is 25.3. The van der Waals surface area contributed by atoms with Crippen LogP contribution in [0.3, 0.4) is 0 Å². The monoisotopic (exact) mass is 665 g/mol. The molecule has 0 spiro atoms. The van der Waals surface area contributed by atoms with Crippen LogP contribution in [0.2, 0.25) is 0 Å². The molecule has 0 aliphatic rings. The van der Waals surface area contributed by atoms with E-state index in [9.17, 15) is 0 Å². The van der Waals surface area contributed by atoms with E-state index in [1.54, 1.807) is 0 Å². The molecule has 0 saturated heterocycles. The Hall–Kier alpha value is -5.67. The molecular formula is C43H27N3Se. The van der Waals surface area contributed by atoms with Crippen molar-refractivity contribution in [1.82, 2.24) is 15.0 Å². The standard InChI is InChI=1S/C43H27N3Se/c1-4-12-29(13-5-1)35-18-10-20-37-38-21-11-19-36(40(38)47-39(35)37)32-24-22-28-23-25-33(27-34(28)26-32)43-45-41(30-14-6-2-7-15-30)44-42(46-43)31-16-8-3-9-17-31/h1-27H. The first-order chi connectivity index (χ1) is 23.3. The number of hydrogen-bond acceptors (Lipinski definition) is 3. The zero-order chi connectivity index (χ0) is 31.2. The summed E-state index contributed by atoms with van der Waals surface area (Å²) in [4.78, 5) is 14.8. The minimum atomic E-state index is 0.192. The summed E-state index contributed by atoms with van der Waals surface area (Å²) in [6, 6.07) is 57.9. The zero-order valence-corrected chi connectivity index (χ0v) is 27.1. The first-order valence-corrected chi connectivity index (χ1v) is 17.4. The van der Waals surface area contributed by atoms with Gasteiger partial charge in [0.2, 0.25) is 0 Å². The number of rotatable bonds is 5. The van der Waals surface area contributed by atoms with Crippen LogP contribution in [0, 0.1) is 0 Å². The van der Waals surface area contributed by atoms with E-state index >= 15 is 0 Å². The fourth-order valence-electron chi connectivity index (χ4n) is 6.38. The second-order valence-electron chi connectivity index (χ2n) is 11.6. The van der Waals surface area contributed by atoms with Crippen LogP contribution in [-0.2, 0) is 0 Å². The molecule has 0 N–H and O–H groups in total. The topological polar surface area (TPSA) is 38.7 Å². The minimum Gasteiger partial charge on any atom is -0.0615 e. The predicted molar refractivity (Wildman–Crippen MR) is 196 cm³/mol. The van der Waals surface area contributed by atoms with Crippen molar-refractivity contribution in [1.29, 1.82) is 0 Å². The quantitative estimate of drug-likeness (QED) is 0.172. The number of aromatic nitrogens is 3. The SMILES string of the molecule is c1ccc(-c2nc(-c3ccccc3)nc(-c3ccc4ccc(-c5cccc6c5[se]c5c(-c7ccccc7)cccc56)cc4c3)n2)cc1. The third-order valence-corrected chi connectivity index (χ3v) is 11.4. The van der Waals surface area contributed by atoms with Gasteiger partial charge < -0.3 is 0 Å². The summed E-state index contributed by atoms with van der Waals surface area (Å²) in [6.07, 6.45) is 0. The Morgan fingerprint density at radius 3 is 1.32 bits per heavy atom. The predicted octanol–water partition coefficient (Wildman–Crippen LogP) is 10.7. The molecule has 0 unspecified atom stereocenters. The Balaban J connectivity index is 1.18. The van der Waals surface area contributed by atoms with Crippen LogP contribution in [0.4, 0.5) is 0 Å². The van der Waals surface area contributed by atoms with E-state index < -0.39 is 0 Å². The van der Waals surface area contributed by atoms with Gasteiger partial charge in [-0.05, 0) is 0 Å². The molecule has 0 saturated carbocycles. The van der Waals surface area contributed by atoms with Crippen LogP contribution < -0.4 is 0 Å². The van der Waals surface area contributed by atoms with Crippen molar-refractivity contribution in [2.75, 3.05) is 0 Å². The summed E-state index contributed by atoms with van der Waals surface area (Å²) >= 11 is 0.192. The van der Waals surface area contributed by atoms with Crippen molar-refractivity contribution in [3.05, 3.63) is 164 Å². The van der Waals surface area contributed by atoms with Crippen molar-refractivity contribution < 1.29 is 0 Å². The smallest absolute Gasteiger partial charge is 0.0615 e. The Bertz CT molecular complexity index is 2500. The molecule has 47 heavy (non-hydrogen) atoms. The first kappa shape index (κ1) is 27.6. The Morgan fingerprint density at radius 2 is 0.766 bits per heavy atom. The normalized spacial score (nSPS) is 11.4. The van der Waals surface area contributed by atoms with Gasteiger partial charge in [0.1, 0.15) is 0 Å². The van der Waals surface area contributed by atoms with Crippen LogP contribution in [0.5, 0.6) is 0 Å². The summed E-state index contributed by atoms with van der Waals surface area (Å²) in [5.41, 5.74) is 8.06. The molecule has 0 fully saturated rings. The van der Waals surface area contributed by atoms with Gasteiger partial charge in [-0.2, -0.15) is 0 Å². The maximum atomic E-state index is 4.97. The molecule has 0 bridgehead atoms. The van der Waals surface area contributed by atoms with Gasteiger partial charge in [0.05, 0.1) is 0 Å². The maximum absolute atomic E-state index is 4.97. The second-order valence-corrected chi connectivity index (χ2v) is 13.8. The van der Waals surface area contributed by atoms with Gasteiger partial charge in [-0.15, -0.1) is 0 Å². The van der Waals surface area contributed by atoms with Crippen molar-refractivity contribution in [3.8, 4) is 56.4 Å². The van der Waals surface area contributed by atoms with E-state index in [1.807, 2.05) is 60.7 Å². The molecular weight excluding hydrogens is 637 g/mol. The molecule has 0 aliphatic carbocycles. The van der Waals surface area contributed by atoms with Crippen LogP contribution >= 0.6 is 0 Å². The molecule has 0 aliphatic heterocycles. The molecule has 7 aromatic carbocycles. The summed E-state index contributed by atoms with van der Waals surface area (Å²) in [5, 5.41) is 5.07. The molecule has 0 amide bonds. The summed E-state index contributed by atoms with van der Waals surface area (Å²) in [6.45, 7) is 0. The van der Waals surface area contributed by atoms with Crippen molar-refractivity contribution in [2.24, 2.45) is 0 Å². The summed E-state index contributed by atoms with van der Waals surface area (Å²) in [7, 11) is 0. The average molecular weight is 665 g/mol. The van der Waals surface area contributed by atoms with Gasteiger partial charge in [-0.25, -0.2) is 0 Å². The van der Waals surface area contributed by atoms with Gasteiger partial charge >= 0.3 is 243 Å². The molecule has 2 heterocycles.